The Morgan fingerprint density at radius 3 is 2.94 bits per heavy atom. The average molecular weight is 240 g/mol. The van der Waals surface area contributed by atoms with Gasteiger partial charge < -0.3 is 5.32 Å². The Morgan fingerprint density at radius 2 is 2.22 bits per heavy atom. The van der Waals surface area contributed by atoms with Crippen molar-refractivity contribution in [1.82, 2.24) is 10.3 Å². The number of aryl methyl sites for hydroxylation is 1. The molecular formula is C16H20N2. The molecule has 1 aliphatic rings. The molecule has 1 aromatic heterocycles. The zero-order valence-corrected chi connectivity index (χ0v) is 11.4. The van der Waals surface area contributed by atoms with Crippen molar-refractivity contribution in [3.05, 3.63) is 41.2 Å². The van der Waals surface area contributed by atoms with Gasteiger partial charge in [-0.1, -0.05) is 31.4 Å². The van der Waals surface area contributed by atoms with Gasteiger partial charge >= 0.3 is 0 Å². The maximum absolute atomic E-state index is 4.38. The zero-order valence-electron chi connectivity index (χ0n) is 11.4. The minimum absolute atomic E-state index is 0.215. The van der Waals surface area contributed by atoms with Crippen molar-refractivity contribution in [3.63, 3.8) is 0 Å². The molecule has 0 amide bonds. The van der Waals surface area contributed by atoms with Crippen molar-refractivity contribution in [2.45, 2.75) is 27.2 Å². The van der Waals surface area contributed by atoms with E-state index in [1.54, 1.807) is 0 Å². The van der Waals surface area contributed by atoms with Crippen LogP contribution >= 0.6 is 0 Å². The van der Waals surface area contributed by atoms with Gasteiger partial charge in [0.2, 0.25) is 0 Å². The third-order valence-electron chi connectivity index (χ3n) is 3.34. The van der Waals surface area contributed by atoms with Crippen LogP contribution in [0.15, 0.2) is 29.8 Å². The third kappa shape index (κ3) is 3.21. The van der Waals surface area contributed by atoms with Gasteiger partial charge in [-0.25, -0.2) is 4.98 Å². The van der Waals surface area contributed by atoms with E-state index in [0.29, 0.717) is 0 Å². The second kappa shape index (κ2) is 5.37. The Bertz CT molecular complexity index is 515. The van der Waals surface area contributed by atoms with E-state index in [2.05, 4.69) is 42.1 Å². The molecule has 0 aromatic carbocycles. The van der Waals surface area contributed by atoms with Crippen LogP contribution in [0, 0.1) is 24.2 Å². The van der Waals surface area contributed by atoms with Gasteiger partial charge in [-0.15, -0.1) is 0 Å². The maximum atomic E-state index is 4.38. The van der Waals surface area contributed by atoms with E-state index in [1.807, 2.05) is 25.1 Å². The van der Waals surface area contributed by atoms with Crippen LogP contribution in [0.25, 0.3) is 0 Å². The first-order valence-corrected chi connectivity index (χ1v) is 6.43. The van der Waals surface area contributed by atoms with E-state index in [1.165, 1.54) is 5.57 Å². The molecule has 18 heavy (non-hydrogen) atoms. The lowest BCUT2D eigenvalue weighted by molar-refractivity contribution is 0.357. The van der Waals surface area contributed by atoms with Gasteiger partial charge in [-0.2, -0.15) is 0 Å². The smallest absolute Gasteiger partial charge is 0.113 e. The molecule has 2 nitrogen and oxygen atoms in total. The molecule has 0 radical (unpaired) electrons. The van der Waals surface area contributed by atoms with Gasteiger partial charge in [0.1, 0.15) is 5.69 Å². The van der Waals surface area contributed by atoms with Gasteiger partial charge in [0.05, 0.1) is 0 Å². The lowest BCUT2D eigenvalue weighted by Crippen LogP contribution is -2.37. The summed E-state index contributed by atoms with van der Waals surface area (Å²) in [6, 6.07) is 5.93. The Kier molecular flexibility index (Phi) is 3.84. The van der Waals surface area contributed by atoms with E-state index < -0.39 is 0 Å². The fourth-order valence-electron chi connectivity index (χ4n) is 2.15. The predicted octanol–water partition coefficient (Wildman–Crippen LogP) is 2.69. The number of nitrogens with one attached hydrogen (secondary N) is 1. The van der Waals surface area contributed by atoms with Crippen LogP contribution in [0.3, 0.4) is 0 Å². The van der Waals surface area contributed by atoms with Crippen molar-refractivity contribution in [2.75, 3.05) is 13.1 Å². The molecular weight excluding hydrogens is 220 g/mol. The number of piperidine rings is 1. The van der Waals surface area contributed by atoms with Crippen LogP contribution in [0.4, 0.5) is 0 Å². The van der Waals surface area contributed by atoms with Gasteiger partial charge in [0.25, 0.3) is 0 Å². The molecule has 0 saturated carbocycles. The summed E-state index contributed by atoms with van der Waals surface area (Å²) in [6.45, 7) is 8.59. The molecule has 1 aromatic rings. The normalized spacial score (nSPS) is 20.3. The van der Waals surface area contributed by atoms with Crippen LogP contribution in [0.5, 0.6) is 0 Å². The first-order valence-electron chi connectivity index (χ1n) is 6.43. The van der Waals surface area contributed by atoms with Crippen LogP contribution in [0.1, 0.15) is 31.7 Å². The summed E-state index contributed by atoms with van der Waals surface area (Å²) in [5, 5.41) is 3.42. The first kappa shape index (κ1) is 12.9. The second-order valence-electron chi connectivity index (χ2n) is 5.41. The fourth-order valence-corrected chi connectivity index (χ4v) is 2.15. The molecule has 2 heteroatoms. The SMILES string of the molecule is Cc1cccc(C#C/C=C2\CCNCC2(C)C)n1. The van der Waals surface area contributed by atoms with E-state index in [-0.39, 0.29) is 5.41 Å². The zero-order chi connectivity index (χ0) is 13.0. The quantitative estimate of drug-likeness (QED) is 0.705. The molecule has 2 heterocycles. The van der Waals surface area contributed by atoms with Crippen LogP contribution in [-0.2, 0) is 0 Å². The molecule has 0 bridgehead atoms. The fraction of sp³-hybridized carbons (Fsp3) is 0.438. The molecule has 94 valence electrons. The highest BCUT2D eigenvalue weighted by molar-refractivity contribution is 5.35. The second-order valence-corrected chi connectivity index (χ2v) is 5.41. The van der Waals surface area contributed by atoms with E-state index in [9.17, 15) is 0 Å². The molecule has 0 atom stereocenters. The van der Waals surface area contributed by atoms with Crippen molar-refractivity contribution in [1.29, 1.82) is 0 Å². The van der Waals surface area contributed by atoms with Crippen LogP contribution in [-0.4, -0.2) is 18.1 Å². The minimum Gasteiger partial charge on any atom is -0.316 e. The molecule has 1 fully saturated rings. The van der Waals surface area contributed by atoms with Gasteiger partial charge in [0, 0.05) is 12.2 Å². The number of rotatable bonds is 0. The van der Waals surface area contributed by atoms with Crippen LogP contribution in [0.2, 0.25) is 0 Å². The average Bonchev–Trinajstić information content (AvgIpc) is 2.31. The summed E-state index contributed by atoms with van der Waals surface area (Å²) >= 11 is 0. The van der Waals surface area contributed by atoms with Gasteiger partial charge in [-0.3, -0.25) is 0 Å². The number of hydrogen-bond donors (Lipinski definition) is 1. The number of pyridine rings is 1. The third-order valence-corrected chi connectivity index (χ3v) is 3.34. The van der Waals surface area contributed by atoms with Crippen molar-refractivity contribution < 1.29 is 0 Å². The number of nitrogens with zero attached hydrogens (tertiary/aromatic N) is 1. The summed E-state index contributed by atoms with van der Waals surface area (Å²) in [5.41, 5.74) is 3.50. The Balaban J connectivity index is 2.15. The summed E-state index contributed by atoms with van der Waals surface area (Å²) in [4.78, 5) is 4.38. The Labute approximate surface area is 110 Å². The summed E-state index contributed by atoms with van der Waals surface area (Å²) in [6.07, 6.45) is 3.16. The van der Waals surface area contributed by atoms with Crippen molar-refractivity contribution >= 4 is 0 Å². The van der Waals surface area contributed by atoms with Crippen molar-refractivity contribution in [2.24, 2.45) is 5.41 Å². The summed E-state index contributed by atoms with van der Waals surface area (Å²) < 4.78 is 0. The number of allylic oxidation sites excluding steroid dienone is 1. The largest absolute Gasteiger partial charge is 0.316 e. The van der Waals surface area contributed by atoms with Gasteiger partial charge in [0.15, 0.2) is 0 Å². The molecule has 0 aliphatic carbocycles. The Hall–Kier alpha value is -1.59. The molecule has 2 rings (SSSR count). The summed E-state index contributed by atoms with van der Waals surface area (Å²) in [5.74, 6) is 6.26. The molecule has 1 aliphatic heterocycles. The minimum atomic E-state index is 0.215. The lowest BCUT2D eigenvalue weighted by Gasteiger charge is -2.33. The monoisotopic (exact) mass is 240 g/mol. The topological polar surface area (TPSA) is 24.9 Å². The van der Waals surface area contributed by atoms with Crippen molar-refractivity contribution in [3.8, 4) is 11.8 Å². The van der Waals surface area contributed by atoms with E-state index >= 15 is 0 Å². The molecule has 1 saturated heterocycles. The highest BCUT2D eigenvalue weighted by Gasteiger charge is 2.25. The molecule has 0 spiro atoms. The highest BCUT2D eigenvalue weighted by atomic mass is 14.9. The number of hydrogen-bond acceptors (Lipinski definition) is 2. The van der Waals surface area contributed by atoms with Crippen LogP contribution < -0.4 is 5.32 Å². The Morgan fingerprint density at radius 1 is 1.39 bits per heavy atom. The van der Waals surface area contributed by atoms with E-state index in [0.717, 1.165) is 30.9 Å². The summed E-state index contributed by atoms with van der Waals surface area (Å²) in [7, 11) is 0. The molecule has 0 unspecified atom stereocenters. The standard InChI is InChI=1S/C16H20N2/c1-13-6-4-8-15(18-13)9-5-7-14-10-11-17-12-16(14,2)3/h4,6-8,17H,10-12H2,1-3H3/b14-7+. The highest BCUT2D eigenvalue weighted by Crippen LogP contribution is 2.30. The van der Waals surface area contributed by atoms with Gasteiger partial charge in [-0.05, 0) is 49.4 Å². The number of aromatic nitrogens is 1. The predicted molar refractivity (Wildman–Crippen MR) is 75.2 cm³/mol. The first-order chi connectivity index (χ1) is 8.58. The lowest BCUT2D eigenvalue weighted by atomic mass is 9.80. The van der Waals surface area contributed by atoms with E-state index in [4.69, 9.17) is 0 Å². The molecule has 1 N–H and O–H groups in total. The maximum Gasteiger partial charge on any atom is 0.113 e.